The highest BCUT2D eigenvalue weighted by molar-refractivity contribution is 7.14. The molecule has 5 nitrogen and oxygen atoms in total. The van der Waals surface area contributed by atoms with Gasteiger partial charge in [-0.2, -0.15) is 4.98 Å². The summed E-state index contributed by atoms with van der Waals surface area (Å²) in [5.74, 6) is 1.88. The second-order valence-corrected chi connectivity index (χ2v) is 5.13. The van der Waals surface area contributed by atoms with E-state index in [-0.39, 0.29) is 0 Å². The first kappa shape index (κ1) is 12.7. The average Bonchev–Trinajstić information content (AvgIpc) is 3.08. The van der Waals surface area contributed by atoms with Gasteiger partial charge < -0.3 is 15.0 Å². The van der Waals surface area contributed by atoms with Crippen molar-refractivity contribution in [2.24, 2.45) is 0 Å². The summed E-state index contributed by atoms with van der Waals surface area (Å²) >= 11 is 1.48. The van der Waals surface area contributed by atoms with Crippen molar-refractivity contribution in [3.8, 4) is 16.5 Å². The monoisotopic (exact) mass is 287 g/mol. The normalized spacial score (nSPS) is 10.7. The molecular weight excluding hydrogens is 274 g/mol. The second-order valence-electron chi connectivity index (χ2n) is 4.21. The van der Waals surface area contributed by atoms with E-state index in [0.717, 1.165) is 16.2 Å². The van der Waals surface area contributed by atoms with Crippen molar-refractivity contribution in [2.75, 3.05) is 12.8 Å². The topological polar surface area (TPSA) is 74.2 Å². The van der Waals surface area contributed by atoms with Gasteiger partial charge in [0.1, 0.15) is 10.6 Å². The van der Waals surface area contributed by atoms with Crippen LogP contribution in [0.2, 0.25) is 0 Å². The molecule has 0 saturated carbocycles. The highest BCUT2D eigenvalue weighted by Gasteiger charge is 2.14. The highest BCUT2D eigenvalue weighted by atomic mass is 32.1. The molecule has 0 aliphatic rings. The fourth-order valence-corrected chi connectivity index (χ4v) is 2.67. The van der Waals surface area contributed by atoms with E-state index in [0.29, 0.717) is 23.8 Å². The zero-order valence-electron chi connectivity index (χ0n) is 10.9. The third kappa shape index (κ3) is 2.37. The van der Waals surface area contributed by atoms with Crippen LogP contribution in [0, 0.1) is 0 Å². The summed E-state index contributed by atoms with van der Waals surface area (Å²) in [5, 5.41) is 5.89. The molecule has 102 valence electrons. The van der Waals surface area contributed by atoms with Crippen LogP contribution in [0.1, 0.15) is 11.4 Å². The maximum absolute atomic E-state index is 5.84. The lowest BCUT2D eigenvalue weighted by Crippen LogP contribution is -1.95. The van der Waals surface area contributed by atoms with Crippen molar-refractivity contribution in [1.82, 2.24) is 10.1 Å². The number of nitrogens with two attached hydrogens (primary N) is 1. The Balaban J connectivity index is 1.86. The Morgan fingerprint density at radius 1 is 1.30 bits per heavy atom. The van der Waals surface area contributed by atoms with Crippen molar-refractivity contribution in [1.29, 1.82) is 0 Å². The smallest absolute Gasteiger partial charge is 0.270 e. The number of anilines is 1. The van der Waals surface area contributed by atoms with E-state index in [2.05, 4.69) is 10.1 Å². The lowest BCUT2D eigenvalue weighted by Gasteiger charge is -2.04. The summed E-state index contributed by atoms with van der Waals surface area (Å²) in [5.41, 5.74) is 7.51. The molecule has 0 bridgehead atoms. The Morgan fingerprint density at radius 2 is 2.15 bits per heavy atom. The van der Waals surface area contributed by atoms with Crippen LogP contribution in [0.15, 0.2) is 40.2 Å². The third-order valence-corrected chi connectivity index (χ3v) is 3.82. The van der Waals surface area contributed by atoms with Gasteiger partial charge in [-0.3, -0.25) is 0 Å². The first-order valence-corrected chi connectivity index (χ1v) is 6.93. The summed E-state index contributed by atoms with van der Waals surface area (Å²) < 4.78 is 10.6. The number of nitrogen functional groups attached to an aromatic ring is 1. The molecule has 1 aromatic carbocycles. The standard InChI is InChI=1S/C14H13N3O2S/c1-18-11-5-3-2-4-9(11)8-12-16-14(19-17-12)13-10(15)6-7-20-13/h2-7H,8,15H2,1H3. The molecule has 0 unspecified atom stereocenters. The summed E-state index contributed by atoms with van der Waals surface area (Å²) in [7, 11) is 1.65. The van der Waals surface area contributed by atoms with Gasteiger partial charge >= 0.3 is 0 Å². The molecule has 20 heavy (non-hydrogen) atoms. The van der Waals surface area contributed by atoms with Gasteiger partial charge in [0.15, 0.2) is 5.82 Å². The van der Waals surface area contributed by atoms with E-state index >= 15 is 0 Å². The van der Waals surface area contributed by atoms with Gasteiger partial charge in [0.25, 0.3) is 5.89 Å². The lowest BCUT2D eigenvalue weighted by molar-refractivity contribution is 0.408. The Morgan fingerprint density at radius 3 is 2.90 bits per heavy atom. The molecule has 2 heterocycles. The predicted octanol–water partition coefficient (Wildman–Crippen LogP) is 2.98. The minimum Gasteiger partial charge on any atom is -0.496 e. The van der Waals surface area contributed by atoms with E-state index in [1.165, 1.54) is 11.3 Å². The molecule has 2 N–H and O–H groups in total. The number of para-hydroxylation sites is 1. The minimum absolute atomic E-state index is 0.461. The average molecular weight is 287 g/mol. The Labute approximate surface area is 120 Å². The molecule has 0 radical (unpaired) electrons. The SMILES string of the molecule is COc1ccccc1Cc1noc(-c2sccc2N)n1. The third-order valence-electron chi connectivity index (χ3n) is 2.90. The van der Waals surface area contributed by atoms with Crippen LogP contribution in [0.25, 0.3) is 10.8 Å². The summed E-state index contributed by atoms with van der Waals surface area (Å²) in [6.07, 6.45) is 0.554. The van der Waals surface area contributed by atoms with Crippen molar-refractivity contribution in [2.45, 2.75) is 6.42 Å². The number of ether oxygens (including phenoxy) is 1. The first-order valence-electron chi connectivity index (χ1n) is 6.05. The maximum atomic E-state index is 5.84. The molecule has 0 fully saturated rings. The molecule has 2 aromatic heterocycles. The number of thiophene rings is 1. The number of benzene rings is 1. The van der Waals surface area contributed by atoms with Crippen LogP contribution >= 0.6 is 11.3 Å². The summed E-state index contributed by atoms with van der Waals surface area (Å²) in [4.78, 5) is 5.19. The fourth-order valence-electron chi connectivity index (χ4n) is 1.93. The van der Waals surface area contributed by atoms with Crippen LogP contribution in [0.4, 0.5) is 5.69 Å². The van der Waals surface area contributed by atoms with Gasteiger partial charge in [-0.15, -0.1) is 11.3 Å². The zero-order chi connectivity index (χ0) is 13.9. The molecule has 0 spiro atoms. The Hall–Kier alpha value is -2.34. The largest absolute Gasteiger partial charge is 0.496 e. The van der Waals surface area contributed by atoms with Crippen LogP contribution in [-0.4, -0.2) is 17.3 Å². The van der Waals surface area contributed by atoms with E-state index in [9.17, 15) is 0 Å². The van der Waals surface area contributed by atoms with Crippen molar-refractivity contribution in [3.63, 3.8) is 0 Å². The molecule has 0 atom stereocenters. The minimum atomic E-state index is 0.461. The number of rotatable bonds is 4. The van der Waals surface area contributed by atoms with E-state index in [1.807, 2.05) is 35.7 Å². The number of hydrogen-bond acceptors (Lipinski definition) is 6. The molecule has 0 amide bonds. The van der Waals surface area contributed by atoms with Gasteiger partial charge in [0, 0.05) is 12.0 Å². The number of nitrogens with zero attached hydrogens (tertiary/aromatic N) is 2. The van der Waals surface area contributed by atoms with Crippen molar-refractivity contribution >= 4 is 17.0 Å². The molecule has 0 aliphatic heterocycles. The quantitative estimate of drug-likeness (QED) is 0.798. The van der Waals surface area contributed by atoms with Gasteiger partial charge in [-0.05, 0) is 17.5 Å². The van der Waals surface area contributed by atoms with Crippen LogP contribution in [0.5, 0.6) is 5.75 Å². The second kappa shape index (κ2) is 5.34. The molecular formula is C14H13N3O2S. The van der Waals surface area contributed by atoms with E-state index in [1.54, 1.807) is 7.11 Å². The Kier molecular flexibility index (Phi) is 3.39. The van der Waals surface area contributed by atoms with E-state index in [4.69, 9.17) is 15.0 Å². The van der Waals surface area contributed by atoms with Crippen LogP contribution < -0.4 is 10.5 Å². The van der Waals surface area contributed by atoms with E-state index < -0.39 is 0 Å². The maximum Gasteiger partial charge on any atom is 0.270 e. The molecule has 6 heteroatoms. The van der Waals surface area contributed by atoms with Gasteiger partial charge in [0.05, 0.1) is 12.8 Å². The number of methoxy groups -OCH3 is 1. The predicted molar refractivity (Wildman–Crippen MR) is 77.8 cm³/mol. The number of hydrogen-bond donors (Lipinski definition) is 1. The van der Waals surface area contributed by atoms with Crippen molar-refractivity contribution < 1.29 is 9.26 Å². The van der Waals surface area contributed by atoms with Crippen LogP contribution in [0.3, 0.4) is 0 Å². The van der Waals surface area contributed by atoms with Gasteiger partial charge in [0.2, 0.25) is 0 Å². The molecule has 3 rings (SSSR count). The van der Waals surface area contributed by atoms with Gasteiger partial charge in [-0.25, -0.2) is 0 Å². The molecule has 3 aromatic rings. The van der Waals surface area contributed by atoms with Crippen LogP contribution in [-0.2, 0) is 6.42 Å². The highest BCUT2D eigenvalue weighted by Crippen LogP contribution is 2.30. The summed E-state index contributed by atoms with van der Waals surface area (Å²) in [6, 6.07) is 9.60. The first-order chi connectivity index (χ1) is 9.78. The summed E-state index contributed by atoms with van der Waals surface area (Å²) in [6.45, 7) is 0. The zero-order valence-corrected chi connectivity index (χ0v) is 11.7. The van der Waals surface area contributed by atoms with Crippen molar-refractivity contribution in [3.05, 3.63) is 47.1 Å². The van der Waals surface area contributed by atoms with Gasteiger partial charge in [-0.1, -0.05) is 23.4 Å². The number of aromatic nitrogens is 2. The molecule has 0 aliphatic carbocycles. The Bertz CT molecular complexity index is 721. The molecule has 0 saturated heterocycles. The lowest BCUT2D eigenvalue weighted by atomic mass is 10.1. The fraction of sp³-hybridized carbons (Fsp3) is 0.143.